The van der Waals surface area contributed by atoms with E-state index in [0.717, 1.165) is 25.7 Å². The highest BCUT2D eigenvalue weighted by atomic mass is 16.3. The highest BCUT2D eigenvalue weighted by molar-refractivity contribution is 4.96. The van der Waals surface area contributed by atoms with E-state index in [0.29, 0.717) is 29.6 Å². The second-order valence-corrected chi connectivity index (χ2v) is 15.9. The van der Waals surface area contributed by atoms with E-state index in [1.54, 1.807) is 0 Å². The van der Waals surface area contributed by atoms with Crippen LogP contribution in [0.3, 0.4) is 0 Å². The first-order valence-corrected chi connectivity index (χ1v) is 13.5. The Bertz CT molecular complexity index is 527. The third kappa shape index (κ3) is 8.94. The molecular weight excluding hydrogens is 392 g/mol. The Hall–Kier alpha value is -0.0800. The van der Waals surface area contributed by atoms with E-state index in [1.165, 1.54) is 12.8 Å². The molecule has 2 N–H and O–H groups in total. The van der Waals surface area contributed by atoms with Gasteiger partial charge in [0.25, 0.3) is 0 Å². The molecule has 0 heterocycles. The Labute approximate surface area is 202 Å². The molecule has 1 fully saturated rings. The van der Waals surface area contributed by atoms with Crippen LogP contribution in [0.15, 0.2) is 0 Å². The SMILES string of the molecule is CC(CCCC(C(O)CC(C)(C)C)C(C)(C)C)C1CC(C(C)(C)C)C(O)C(C(C)(C)C)C1. The van der Waals surface area contributed by atoms with Gasteiger partial charge in [-0.2, -0.15) is 0 Å². The van der Waals surface area contributed by atoms with Gasteiger partial charge in [-0.25, -0.2) is 0 Å². The average Bonchev–Trinajstić information content (AvgIpc) is 2.53. The standard InChI is InChI=1S/C30H60O2/c1-20(15-14-16-22(28(5,6)7)25(31)19-27(2,3)4)21-17-23(29(8,9)10)26(32)24(18-21)30(11,12)13/h20-26,31-32H,14-19H2,1-13H3. The van der Waals surface area contributed by atoms with E-state index in [4.69, 9.17) is 0 Å². The second-order valence-electron chi connectivity index (χ2n) is 15.9. The lowest BCUT2D eigenvalue weighted by Crippen LogP contribution is -2.48. The van der Waals surface area contributed by atoms with Crippen LogP contribution >= 0.6 is 0 Å². The van der Waals surface area contributed by atoms with Crippen molar-refractivity contribution in [2.75, 3.05) is 0 Å². The molecular formula is C30H60O2. The maximum absolute atomic E-state index is 11.3. The van der Waals surface area contributed by atoms with Crippen molar-refractivity contribution in [3.63, 3.8) is 0 Å². The fourth-order valence-electron chi connectivity index (χ4n) is 6.37. The zero-order chi connectivity index (χ0) is 25.3. The minimum absolute atomic E-state index is 0.123. The van der Waals surface area contributed by atoms with Crippen molar-refractivity contribution in [2.45, 2.75) is 141 Å². The fraction of sp³-hybridized carbons (Fsp3) is 1.00. The molecule has 32 heavy (non-hydrogen) atoms. The van der Waals surface area contributed by atoms with Crippen molar-refractivity contribution >= 4 is 0 Å². The number of aliphatic hydroxyl groups is 2. The molecule has 1 saturated carbocycles. The summed E-state index contributed by atoms with van der Waals surface area (Å²) in [6.45, 7) is 29.8. The van der Waals surface area contributed by atoms with Crippen molar-refractivity contribution < 1.29 is 10.2 Å². The Morgan fingerprint density at radius 3 is 1.53 bits per heavy atom. The normalized spacial score (nSPS) is 29.0. The molecule has 0 aromatic carbocycles. The summed E-state index contributed by atoms with van der Waals surface area (Å²) in [4.78, 5) is 0. The molecule has 2 nitrogen and oxygen atoms in total. The maximum Gasteiger partial charge on any atom is 0.0606 e. The predicted octanol–water partition coefficient (Wildman–Crippen LogP) is 8.35. The smallest absolute Gasteiger partial charge is 0.0606 e. The van der Waals surface area contributed by atoms with Crippen molar-refractivity contribution in [3.05, 3.63) is 0 Å². The van der Waals surface area contributed by atoms with Gasteiger partial charge in [0.15, 0.2) is 0 Å². The number of hydrogen-bond donors (Lipinski definition) is 2. The summed E-state index contributed by atoms with van der Waals surface area (Å²) in [6, 6.07) is 0. The summed E-state index contributed by atoms with van der Waals surface area (Å²) >= 11 is 0. The first kappa shape index (κ1) is 30.0. The lowest BCUT2D eigenvalue weighted by atomic mass is 9.57. The van der Waals surface area contributed by atoms with Crippen LogP contribution in [0.25, 0.3) is 0 Å². The minimum atomic E-state index is -0.231. The quantitative estimate of drug-likeness (QED) is 0.407. The van der Waals surface area contributed by atoms with Crippen LogP contribution < -0.4 is 0 Å². The molecule has 1 rings (SSSR count). The molecule has 0 bridgehead atoms. The van der Waals surface area contributed by atoms with Gasteiger partial charge in [0.2, 0.25) is 0 Å². The van der Waals surface area contributed by atoms with Crippen molar-refractivity contribution in [3.8, 4) is 0 Å². The second kappa shape index (κ2) is 10.7. The van der Waals surface area contributed by atoms with Gasteiger partial charge in [-0.1, -0.05) is 103 Å². The van der Waals surface area contributed by atoms with Gasteiger partial charge >= 0.3 is 0 Å². The maximum atomic E-state index is 11.3. The van der Waals surface area contributed by atoms with Gasteiger partial charge in [0, 0.05) is 0 Å². The molecule has 0 amide bonds. The zero-order valence-corrected chi connectivity index (χ0v) is 24.2. The largest absolute Gasteiger partial charge is 0.393 e. The summed E-state index contributed by atoms with van der Waals surface area (Å²) in [5.41, 5.74) is 0.548. The summed E-state index contributed by atoms with van der Waals surface area (Å²) in [5.74, 6) is 2.41. The molecule has 0 aromatic heterocycles. The molecule has 0 spiro atoms. The Balaban J connectivity index is 2.85. The monoisotopic (exact) mass is 452 g/mol. The summed E-state index contributed by atoms with van der Waals surface area (Å²) in [6.07, 6.45) is 6.24. The molecule has 5 atom stereocenters. The number of rotatable bonds is 7. The topological polar surface area (TPSA) is 40.5 Å². The molecule has 0 radical (unpaired) electrons. The Morgan fingerprint density at radius 1 is 0.750 bits per heavy atom. The van der Waals surface area contributed by atoms with Crippen LogP contribution in [0.4, 0.5) is 0 Å². The van der Waals surface area contributed by atoms with Gasteiger partial charge in [-0.15, -0.1) is 0 Å². The highest BCUT2D eigenvalue weighted by Crippen LogP contribution is 2.50. The molecule has 0 aromatic rings. The van der Waals surface area contributed by atoms with Crippen LogP contribution in [0, 0.1) is 51.2 Å². The molecule has 1 aliphatic carbocycles. The first-order valence-electron chi connectivity index (χ1n) is 13.5. The van der Waals surface area contributed by atoms with Crippen LogP contribution in [0.1, 0.15) is 129 Å². The van der Waals surface area contributed by atoms with Gasteiger partial charge in [0.1, 0.15) is 0 Å². The first-order chi connectivity index (χ1) is 14.1. The third-order valence-corrected chi connectivity index (χ3v) is 8.54. The third-order valence-electron chi connectivity index (χ3n) is 8.54. The average molecular weight is 453 g/mol. The van der Waals surface area contributed by atoms with Crippen molar-refractivity contribution in [1.29, 1.82) is 0 Å². The number of hydrogen-bond acceptors (Lipinski definition) is 2. The van der Waals surface area contributed by atoms with Crippen molar-refractivity contribution in [2.24, 2.45) is 51.2 Å². The van der Waals surface area contributed by atoms with Crippen LogP contribution in [0.5, 0.6) is 0 Å². The van der Waals surface area contributed by atoms with E-state index in [-0.39, 0.29) is 33.9 Å². The Kier molecular flexibility index (Phi) is 9.99. The predicted molar refractivity (Wildman–Crippen MR) is 141 cm³/mol. The summed E-state index contributed by atoms with van der Waals surface area (Å²) in [5, 5.41) is 22.3. The van der Waals surface area contributed by atoms with Gasteiger partial charge in [-0.05, 0) is 76.9 Å². The molecule has 192 valence electrons. The summed E-state index contributed by atoms with van der Waals surface area (Å²) in [7, 11) is 0. The molecule has 2 heteroatoms. The highest BCUT2D eigenvalue weighted by Gasteiger charge is 2.47. The van der Waals surface area contributed by atoms with E-state index in [1.807, 2.05) is 0 Å². The van der Waals surface area contributed by atoms with E-state index >= 15 is 0 Å². The van der Waals surface area contributed by atoms with E-state index in [9.17, 15) is 10.2 Å². The Morgan fingerprint density at radius 2 is 1.19 bits per heavy atom. The minimum Gasteiger partial charge on any atom is -0.393 e. The number of aliphatic hydroxyl groups excluding tert-OH is 2. The van der Waals surface area contributed by atoms with Crippen molar-refractivity contribution in [1.82, 2.24) is 0 Å². The van der Waals surface area contributed by atoms with E-state index in [2.05, 4.69) is 90.0 Å². The molecule has 0 saturated heterocycles. The van der Waals surface area contributed by atoms with Crippen LogP contribution in [-0.4, -0.2) is 22.4 Å². The summed E-state index contributed by atoms with van der Waals surface area (Å²) < 4.78 is 0. The van der Waals surface area contributed by atoms with Crippen LogP contribution in [0.2, 0.25) is 0 Å². The lowest BCUT2D eigenvalue weighted by molar-refractivity contribution is -0.0915. The van der Waals surface area contributed by atoms with Gasteiger partial charge in [-0.3, -0.25) is 0 Å². The van der Waals surface area contributed by atoms with Crippen LogP contribution in [-0.2, 0) is 0 Å². The van der Waals surface area contributed by atoms with E-state index < -0.39 is 0 Å². The molecule has 5 unspecified atom stereocenters. The van der Waals surface area contributed by atoms with Gasteiger partial charge in [0.05, 0.1) is 12.2 Å². The van der Waals surface area contributed by atoms with Gasteiger partial charge < -0.3 is 10.2 Å². The molecule has 1 aliphatic rings. The molecule has 0 aliphatic heterocycles. The lowest BCUT2D eigenvalue weighted by Gasteiger charge is -2.50. The zero-order valence-electron chi connectivity index (χ0n) is 24.2. The fourth-order valence-corrected chi connectivity index (χ4v) is 6.37.